The average Bonchev–Trinajstić information content (AvgIpc) is 3.45. The predicted molar refractivity (Wildman–Crippen MR) is 155 cm³/mol. The zero-order valence-electron chi connectivity index (χ0n) is 23.5. The Morgan fingerprint density at radius 2 is 1.67 bits per heavy atom. The number of non-ortho nitro benzene ring substituents is 1. The van der Waals surface area contributed by atoms with Crippen LogP contribution >= 0.6 is 0 Å². The topological polar surface area (TPSA) is 188 Å². The largest absolute Gasteiger partial charge is 0.480 e. The Morgan fingerprint density at radius 3 is 2.26 bits per heavy atom. The lowest BCUT2D eigenvalue weighted by Gasteiger charge is -2.25. The van der Waals surface area contributed by atoms with Gasteiger partial charge in [0.2, 0.25) is 15.9 Å². The molecule has 1 saturated heterocycles. The molecule has 1 amide bonds. The molecule has 2 atom stereocenters. The first-order valence-electron chi connectivity index (χ1n) is 13.8. The number of carbonyl (C=O) groups excluding carboxylic acids is 2. The number of benzene rings is 2. The molecule has 0 aromatic heterocycles. The third-order valence-electron chi connectivity index (χ3n) is 7.15. The number of nitro groups is 1. The molecule has 1 aliphatic heterocycles. The highest BCUT2D eigenvalue weighted by molar-refractivity contribution is 7.89. The molecule has 0 radical (unpaired) electrons. The van der Waals surface area contributed by atoms with Crippen LogP contribution < -0.4 is 5.32 Å². The maximum atomic E-state index is 13.2. The number of unbranched alkanes of at least 4 members (excludes halogenated alkanes) is 2. The third-order valence-corrected chi connectivity index (χ3v) is 9.07. The van der Waals surface area contributed by atoms with Gasteiger partial charge in [0.1, 0.15) is 17.9 Å². The highest BCUT2D eigenvalue weighted by atomic mass is 32.2. The number of amides is 1. The van der Waals surface area contributed by atoms with Crippen molar-refractivity contribution in [2.24, 2.45) is 0 Å². The molecule has 42 heavy (non-hydrogen) atoms. The number of nitrogens with zero attached hydrogens (tertiary/aromatic N) is 2. The van der Waals surface area contributed by atoms with E-state index >= 15 is 0 Å². The Balaban J connectivity index is 1.58. The molecule has 0 spiro atoms. The number of rotatable bonds is 16. The summed E-state index contributed by atoms with van der Waals surface area (Å²) >= 11 is 0. The Labute approximate surface area is 244 Å². The fraction of sp³-hybridized carbons (Fsp3) is 0.448. The van der Waals surface area contributed by atoms with Crippen molar-refractivity contribution in [1.29, 1.82) is 5.41 Å². The number of sulfonamides is 1. The Hall–Kier alpha value is -3.97. The number of carboxylic acid groups (broad SMARTS) is 1. The van der Waals surface area contributed by atoms with Gasteiger partial charge < -0.3 is 15.8 Å². The van der Waals surface area contributed by atoms with Gasteiger partial charge in [0.15, 0.2) is 0 Å². The molecule has 0 bridgehead atoms. The van der Waals surface area contributed by atoms with E-state index in [1.165, 1.54) is 0 Å². The highest BCUT2D eigenvalue weighted by Crippen LogP contribution is 2.27. The number of hydrogen-bond acceptors (Lipinski definition) is 8. The summed E-state index contributed by atoms with van der Waals surface area (Å²) in [5.41, 5.74) is 1.80. The van der Waals surface area contributed by atoms with Crippen molar-refractivity contribution in [3.8, 4) is 0 Å². The van der Waals surface area contributed by atoms with Gasteiger partial charge in [-0.05, 0) is 62.3 Å². The van der Waals surface area contributed by atoms with Gasteiger partial charge in [0.05, 0.1) is 9.82 Å². The van der Waals surface area contributed by atoms with Crippen LogP contribution in [0.3, 0.4) is 0 Å². The van der Waals surface area contributed by atoms with Crippen LogP contribution in [0.25, 0.3) is 0 Å². The van der Waals surface area contributed by atoms with Crippen LogP contribution in [-0.4, -0.2) is 64.8 Å². The van der Waals surface area contributed by atoms with Crippen LogP contribution in [0, 0.1) is 15.5 Å². The third kappa shape index (κ3) is 9.02. The van der Waals surface area contributed by atoms with E-state index in [9.17, 15) is 38.0 Å². The Kier molecular flexibility index (Phi) is 11.5. The maximum Gasteiger partial charge on any atom is 0.326 e. The van der Waals surface area contributed by atoms with Gasteiger partial charge in [-0.25, -0.2) is 13.2 Å². The zero-order valence-corrected chi connectivity index (χ0v) is 24.3. The van der Waals surface area contributed by atoms with Crippen molar-refractivity contribution in [2.45, 2.75) is 81.7 Å². The number of Topliss-reactive ketones (excluding diaryl/α,β-unsaturated/α-hetero) is 1. The molecule has 1 fully saturated rings. The van der Waals surface area contributed by atoms with Crippen molar-refractivity contribution in [3.05, 3.63) is 69.8 Å². The quantitative estimate of drug-likeness (QED) is 0.113. The summed E-state index contributed by atoms with van der Waals surface area (Å²) in [4.78, 5) is 47.4. The van der Waals surface area contributed by atoms with Gasteiger partial charge in [-0.3, -0.25) is 19.7 Å². The van der Waals surface area contributed by atoms with Crippen LogP contribution in [0.15, 0.2) is 53.4 Å². The molecule has 226 valence electrons. The van der Waals surface area contributed by atoms with Gasteiger partial charge in [-0.15, -0.1) is 0 Å². The molecular formula is C29H36N4O8S. The van der Waals surface area contributed by atoms with Gasteiger partial charge in [0, 0.05) is 43.7 Å². The molecule has 0 saturated carbocycles. The molecule has 1 heterocycles. The highest BCUT2D eigenvalue weighted by Gasteiger charge is 2.40. The molecular weight excluding hydrogens is 564 g/mol. The average molecular weight is 601 g/mol. The van der Waals surface area contributed by atoms with E-state index < -0.39 is 38.9 Å². The van der Waals surface area contributed by atoms with Crippen LogP contribution in [-0.2, 0) is 37.2 Å². The lowest BCUT2D eigenvalue weighted by molar-refractivity contribution is -0.384. The van der Waals surface area contributed by atoms with Gasteiger partial charge in [-0.2, -0.15) is 4.31 Å². The van der Waals surface area contributed by atoms with Crippen molar-refractivity contribution in [3.63, 3.8) is 0 Å². The van der Waals surface area contributed by atoms with Crippen LogP contribution in [0.5, 0.6) is 0 Å². The Morgan fingerprint density at radius 1 is 1.05 bits per heavy atom. The van der Waals surface area contributed by atoms with E-state index in [1.54, 1.807) is 31.2 Å². The standard InChI is InChI=1S/C29H36N4O8S/c1-20(30)6-3-2-4-7-24(34)18-21-9-11-22(12-10-21)19-26(29(36)37)31-28(35)27-8-5-17-32(27)42(40,41)25-15-13-23(14-16-25)33(38)39/h9-16,26-27,30H,2-8,17-19H2,1H3,(H,31,35)(H,36,37)/t26-,27-/m0/s1. The zero-order chi connectivity index (χ0) is 30.9. The summed E-state index contributed by atoms with van der Waals surface area (Å²) in [6.45, 7) is 1.82. The Bertz CT molecular complexity index is 1410. The normalized spacial score (nSPS) is 16.1. The minimum absolute atomic E-state index is 0.0381. The minimum Gasteiger partial charge on any atom is -0.480 e. The number of hydrogen-bond donors (Lipinski definition) is 3. The predicted octanol–water partition coefficient (Wildman–Crippen LogP) is 3.66. The monoisotopic (exact) mass is 600 g/mol. The molecule has 2 aromatic rings. The second-order valence-electron chi connectivity index (χ2n) is 10.5. The van der Waals surface area contributed by atoms with Gasteiger partial charge in [0.25, 0.3) is 5.69 Å². The van der Waals surface area contributed by atoms with Crippen molar-refractivity contribution >= 4 is 39.1 Å². The van der Waals surface area contributed by atoms with E-state index in [0.29, 0.717) is 24.1 Å². The van der Waals surface area contributed by atoms with Crippen LogP contribution in [0.4, 0.5) is 5.69 Å². The van der Waals surface area contributed by atoms with Crippen LogP contribution in [0.1, 0.15) is 63.0 Å². The summed E-state index contributed by atoms with van der Waals surface area (Å²) in [6, 6.07) is 8.86. The fourth-order valence-corrected chi connectivity index (χ4v) is 6.52. The van der Waals surface area contributed by atoms with E-state index in [1.807, 2.05) is 0 Å². The second kappa shape index (κ2) is 14.8. The molecule has 2 aromatic carbocycles. The second-order valence-corrected chi connectivity index (χ2v) is 12.4. The summed E-state index contributed by atoms with van der Waals surface area (Å²) in [7, 11) is -4.15. The molecule has 1 aliphatic rings. The number of aliphatic carboxylic acids is 1. The van der Waals surface area contributed by atoms with Gasteiger partial charge in [-0.1, -0.05) is 30.7 Å². The minimum atomic E-state index is -4.15. The molecule has 3 rings (SSSR count). The number of nitro benzene ring substituents is 1. The van der Waals surface area contributed by atoms with Crippen molar-refractivity contribution < 1.29 is 32.8 Å². The lowest BCUT2D eigenvalue weighted by Crippen LogP contribution is -2.51. The molecule has 0 unspecified atom stereocenters. The van der Waals surface area contributed by atoms with E-state index in [2.05, 4.69) is 5.32 Å². The number of carbonyl (C=O) groups is 3. The first-order valence-corrected chi connectivity index (χ1v) is 15.3. The smallest absolute Gasteiger partial charge is 0.326 e. The number of ketones is 1. The molecule has 3 N–H and O–H groups in total. The fourth-order valence-electron chi connectivity index (χ4n) is 4.87. The molecule has 13 heteroatoms. The van der Waals surface area contributed by atoms with Crippen molar-refractivity contribution in [2.75, 3.05) is 6.54 Å². The van der Waals surface area contributed by atoms with Gasteiger partial charge >= 0.3 is 5.97 Å². The number of nitrogens with one attached hydrogen (secondary N) is 2. The first kappa shape index (κ1) is 32.5. The summed E-state index contributed by atoms with van der Waals surface area (Å²) in [6.07, 6.45) is 4.60. The van der Waals surface area contributed by atoms with Crippen molar-refractivity contribution in [1.82, 2.24) is 9.62 Å². The number of carboxylic acids is 1. The molecule has 12 nitrogen and oxygen atoms in total. The summed E-state index contributed by atoms with van der Waals surface area (Å²) < 4.78 is 27.4. The van der Waals surface area contributed by atoms with Crippen LogP contribution in [0.2, 0.25) is 0 Å². The van der Waals surface area contributed by atoms with E-state index in [0.717, 1.165) is 59.8 Å². The summed E-state index contributed by atoms with van der Waals surface area (Å²) in [5.74, 6) is -1.90. The SMILES string of the molecule is CC(=N)CCCCCC(=O)Cc1ccc(C[C@H](NC(=O)[C@@H]2CCCN2S(=O)(=O)c2ccc([N+](=O)[O-])cc2)C(=O)O)cc1. The maximum absolute atomic E-state index is 13.2. The van der Waals surface area contributed by atoms with E-state index in [4.69, 9.17) is 5.41 Å². The lowest BCUT2D eigenvalue weighted by atomic mass is 10.00. The van der Waals surface area contributed by atoms with E-state index in [-0.39, 0.29) is 42.2 Å². The summed E-state index contributed by atoms with van der Waals surface area (Å²) in [5, 5.41) is 30.6. The molecule has 0 aliphatic carbocycles. The first-order chi connectivity index (χ1) is 19.9.